The minimum Gasteiger partial charge on any atom is -0.304 e. The van der Waals surface area contributed by atoms with Gasteiger partial charge in [-0.15, -0.1) is 0 Å². The summed E-state index contributed by atoms with van der Waals surface area (Å²) < 4.78 is 2.07. The highest BCUT2D eigenvalue weighted by molar-refractivity contribution is 6.30. The SMILES string of the molecule is CC(C)c1nccn1-c1cccc(Cl)c1. The molecule has 2 aromatic rings. The molecule has 0 fully saturated rings. The third-order valence-corrected chi connectivity index (χ3v) is 2.51. The number of benzene rings is 1. The Morgan fingerprint density at radius 1 is 1.33 bits per heavy atom. The number of aromatic nitrogens is 2. The fourth-order valence-electron chi connectivity index (χ4n) is 1.59. The van der Waals surface area contributed by atoms with E-state index in [9.17, 15) is 0 Å². The van der Waals surface area contributed by atoms with E-state index in [0.717, 1.165) is 16.5 Å². The predicted molar refractivity (Wildman–Crippen MR) is 62.7 cm³/mol. The van der Waals surface area contributed by atoms with Crippen molar-refractivity contribution in [3.8, 4) is 5.69 Å². The molecule has 0 atom stereocenters. The molecule has 0 bridgehead atoms. The first-order chi connectivity index (χ1) is 7.18. The first kappa shape index (κ1) is 10.2. The van der Waals surface area contributed by atoms with Gasteiger partial charge in [0.25, 0.3) is 0 Å². The summed E-state index contributed by atoms with van der Waals surface area (Å²) in [5.74, 6) is 1.45. The van der Waals surface area contributed by atoms with E-state index in [4.69, 9.17) is 11.6 Å². The molecule has 0 aliphatic carbocycles. The van der Waals surface area contributed by atoms with Gasteiger partial charge in [0, 0.05) is 29.0 Å². The summed E-state index contributed by atoms with van der Waals surface area (Å²) in [5.41, 5.74) is 1.06. The topological polar surface area (TPSA) is 17.8 Å². The largest absolute Gasteiger partial charge is 0.304 e. The van der Waals surface area contributed by atoms with Crippen molar-refractivity contribution in [2.45, 2.75) is 19.8 Å². The molecule has 1 aromatic heterocycles. The van der Waals surface area contributed by atoms with Crippen LogP contribution in [-0.4, -0.2) is 9.55 Å². The molecular formula is C12H13ClN2. The first-order valence-corrected chi connectivity index (χ1v) is 5.35. The van der Waals surface area contributed by atoms with E-state index in [1.807, 2.05) is 36.7 Å². The lowest BCUT2D eigenvalue weighted by Gasteiger charge is -2.10. The van der Waals surface area contributed by atoms with E-state index in [1.54, 1.807) is 0 Å². The lowest BCUT2D eigenvalue weighted by Crippen LogP contribution is -2.01. The fourth-order valence-corrected chi connectivity index (χ4v) is 1.77. The van der Waals surface area contributed by atoms with E-state index >= 15 is 0 Å². The van der Waals surface area contributed by atoms with E-state index < -0.39 is 0 Å². The van der Waals surface area contributed by atoms with Crippen LogP contribution in [0.2, 0.25) is 5.02 Å². The van der Waals surface area contributed by atoms with Crippen molar-refractivity contribution in [1.82, 2.24) is 9.55 Å². The molecule has 0 spiro atoms. The summed E-state index contributed by atoms with van der Waals surface area (Å²) in [7, 11) is 0. The highest BCUT2D eigenvalue weighted by Gasteiger charge is 2.08. The molecular weight excluding hydrogens is 208 g/mol. The van der Waals surface area contributed by atoms with Crippen LogP contribution in [0.5, 0.6) is 0 Å². The van der Waals surface area contributed by atoms with Gasteiger partial charge in [-0.1, -0.05) is 31.5 Å². The normalized spacial score (nSPS) is 10.9. The molecule has 15 heavy (non-hydrogen) atoms. The molecule has 0 saturated carbocycles. The van der Waals surface area contributed by atoms with Crippen LogP contribution in [0, 0.1) is 0 Å². The number of hydrogen-bond donors (Lipinski definition) is 0. The Bertz CT molecular complexity index is 460. The van der Waals surface area contributed by atoms with Crippen LogP contribution in [0.25, 0.3) is 5.69 Å². The van der Waals surface area contributed by atoms with Crippen LogP contribution in [0.15, 0.2) is 36.7 Å². The van der Waals surface area contributed by atoms with Gasteiger partial charge in [-0.3, -0.25) is 0 Å². The first-order valence-electron chi connectivity index (χ1n) is 4.97. The smallest absolute Gasteiger partial charge is 0.115 e. The van der Waals surface area contributed by atoms with Crippen molar-refractivity contribution < 1.29 is 0 Å². The molecule has 0 amide bonds. The van der Waals surface area contributed by atoms with E-state index in [-0.39, 0.29) is 0 Å². The zero-order valence-corrected chi connectivity index (χ0v) is 9.57. The van der Waals surface area contributed by atoms with Crippen LogP contribution >= 0.6 is 11.6 Å². The summed E-state index contributed by atoms with van der Waals surface area (Å²) in [6.45, 7) is 4.26. The average Bonchev–Trinajstić information content (AvgIpc) is 2.65. The molecule has 1 aromatic carbocycles. The number of imidazole rings is 1. The van der Waals surface area contributed by atoms with Crippen LogP contribution in [0.4, 0.5) is 0 Å². The summed E-state index contributed by atoms with van der Waals surface area (Å²) in [6.07, 6.45) is 3.78. The van der Waals surface area contributed by atoms with Crippen molar-refractivity contribution >= 4 is 11.6 Å². The Labute approximate surface area is 94.5 Å². The Morgan fingerprint density at radius 3 is 2.80 bits per heavy atom. The maximum Gasteiger partial charge on any atom is 0.115 e. The molecule has 0 N–H and O–H groups in total. The summed E-state index contributed by atoms with van der Waals surface area (Å²) in [4.78, 5) is 4.34. The summed E-state index contributed by atoms with van der Waals surface area (Å²) in [6, 6.07) is 7.79. The van der Waals surface area contributed by atoms with E-state index in [1.165, 1.54) is 0 Å². The van der Waals surface area contributed by atoms with Gasteiger partial charge < -0.3 is 4.57 Å². The van der Waals surface area contributed by atoms with Crippen LogP contribution in [0.1, 0.15) is 25.6 Å². The third-order valence-electron chi connectivity index (χ3n) is 2.27. The highest BCUT2D eigenvalue weighted by Crippen LogP contribution is 2.19. The van der Waals surface area contributed by atoms with Crippen LogP contribution in [0.3, 0.4) is 0 Å². The third kappa shape index (κ3) is 2.05. The zero-order valence-electron chi connectivity index (χ0n) is 8.81. The quantitative estimate of drug-likeness (QED) is 0.756. The van der Waals surface area contributed by atoms with Crippen molar-refractivity contribution in [2.24, 2.45) is 0 Å². The molecule has 1 heterocycles. The zero-order chi connectivity index (χ0) is 10.8. The maximum atomic E-state index is 5.96. The van der Waals surface area contributed by atoms with E-state index in [2.05, 4.69) is 23.4 Å². The summed E-state index contributed by atoms with van der Waals surface area (Å²) in [5, 5.41) is 0.746. The van der Waals surface area contributed by atoms with Gasteiger partial charge >= 0.3 is 0 Å². The van der Waals surface area contributed by atoms with Crippen molar-refractivity contribution in [3.63, 3.8) is 0 Å². The second-order valence-corrected chi connectivity index (χ2v) is 4.23. The molecule has 0 aliphatic rings. The monoisotopic (exact) mass is 220 g/mol. The number of rotatable bonds is 2. The van der Waals surface area contributed by atoms with Gasteiger partial charge in [0.15, 0.2) is 0 Å². The second-order valence-electron chi connectivity index (χ2n) is 3.79. The van der Waals surface area contributed by atoms with Gasteiger partial charge in [-0.2, -0.15) is 0 Å². The van der Waals surface area contributed by atoms with Gasteiger partial charge in [-0.05, 0) is 18.2 Å². The summed E-state index contributed by atoms with van der Waals surface area (Å²) >= 11 is 5.96. The molecule has 0 saturated heterocycles. The molecule has 78 valence electrons. The molecule has 2 rings (SSSR count). The molecule has 0 unspecified atom stereocenters. The Balaban J connectivity index is 2.49. The highest BCUT2D eigenvalue weighted by atomic mass is 35.5. The van der Waals surface area contributed by atoms with Crippen LogP contribution < -0.4 is 0 Å². The fraction of sp³-hybridized carbons (Fsp3) is 0.250. The molecule has 2 nitrogen and oxygen atoms in total. The van der Waals surface area contributed by atoms with Crippen molar-refractivity contribution in [3.05, 3.63) is 47.5 Å². The predicted octanol–water partition coefficient (Wildman–Crippen LogP) is 3.65. The van der Waals surface area contributed by atoms with E-state index in [0.29, 0.717) is 5.92 Å². The standard InChI is InChI=1S/C12H13ClN2/c1-9(2)12-14-6-7-15(12)11-5-3-4-10(13)8-11/h3-9H,1-2H3. The number of hydrogen-bond acceptors (Lipinski definition) is 1. The molecule has 0 radical (unpaired) electrons. The van der Waals surface area contributed by atoms with Crippen molar-refractivity contribution in [1.29, 1.82) is 0 Å². The van der Waals surface area contributed by atoms with Crippen molar-refractivity contribution in [2.75, 3.05) is 0 Å². The Morgan fingerprint density at radius 2 is 2.13 bits per heavy atom. The number of nitrogens with zero attached hydrogens (tertiary/aromatic N) is 2. The van der Waals surface area contributed by atoms with Crippen LogP contribution in [-0.2, 0) is 0 Å². The van der Waals surface area contributed by atoms with Gasteiger partial charge in [0.05, 0.1) is 0 Å². The number of halogens is 1. The minimum absolute atomic E-state index is 0.402. The average molecular weight is 221 g/mol. The lowest BCUT2D eigenvalue weighted by atomic mass is 10.2. The van der Waals surface area contributed by atoms with Gasteiger partial charge in [0.1, 0.15) is 5.82 Å². The Kier molecular flexibility index (Phi) is 2.78. The Hall–Kier alpha value is -1.28. The maximum absolute atomic E-state index is 5.96. The second kappa shape index (κ2) is 4.07. The molecule has 3 heteroatoms. The van der Waals surface area contributed by atoms with Gasteiger partial charge in [0.2, 0.25) is 0 Å². The van der Waals surface area contributed by atoms with Gasteiger partial charge in [-0.25, -0.2) is 4.98 Å². The minimum atomic E-state index is 0.402. The lowest BCUT2D eigenvalue weighted by molar-refractivity contribution is 0.752. The molecule has 0 aliphatic heterocycles.